The van der Waals surface area contributed by atoms with Gasteiger partial charge in [-0.25, -0.2) is 0 Å². The second-order valence-electron chi connectivity index (χ2n) is 8.15. The monoisotopic (exact) mass is 493 g/mol. The van der Waals surface area contributed by atoms with Crippen molar-refractivity contribution in [3.05, 3.63) is 45.9 Å². The van der Waals surface area contributed by atoms with Crippen molar-refractivity contribution >= 4 is 52.2 Å². The van der Waals surface area contributed by atoms with Crippen molar-refractivity contribution in [1.29, 1.82) is 0 Å². The van der Waals surface area contributed by atoms with E-state index in [2.05, 4.69) is 28.0 Å². The molecule has 2 aliphatic heterocycles. The van der Waals surface area contributed by atoms with Crippen LogP contribution in [0.4, 0.5) is 11.4 Å². The second kappa shape index (κ2) is 10.4. The SMILES string of the molecule is COc1c(Cl)cc(N2CCN(C(=O)c3cc(SC)ccc3N3CCCCC3)CC2)cc1Cl. The van der Waals surface area contributed by atoms with Gasteiger partial charge >= 0.3 is 0 Å². The second-order valence-corrected chi connectivity index (χ2v) is 9.85. The van der Waals surface area contributed by atoms with E-state index in [4.69, 9.17) is 27.9 Å². The highest BCUT2D eigenvalue weighted by Crippen LogP contribution is 2.37. The minimum atomic E-state index is 0.118. The van der Waals surface area contributed by atoms with Crippen LogP contribution in [0.5, 0.6) is 5.75 Å². The zero-order chi connectivity index (χ0) is 22.7. The van der Waals surface area contributed by atoms with Gasteiger partial charge in [-0.2, -0.15) is 0 Å². The zero-order valence-corrected chi connectivity index (χ0v) is 20.9. The summed E-state index contributed by atoms with van der Waals surface area (Å²) in [5.74, 6) is 0.608. The van der Waals surface area contributed by atoms with E-state index in [0.717, 1.165) is 48.0 Å². The molecule has 2 fully saturated rings. The molecule has 0 radical (unpaired) electrons. The van der Waals surface area contributed by atoms with Crippen LogP contribution in [0.15, 0.2) is 35.2 Å². The maximum atomic E-state index is 13.6. The number of carbonyl (C=O) groups is 1. The molecule has 0 aliphatic carbocycles. The smallest absolute Gasteiger partial charge is 0.256 e. The van der Waals surface area contributed by atoms with E-state index < -0.39 is 0 Å². The van der Waals surface area contributed by atoms with Crippen LogP contribution < -0.4 is 14.5 Å². The van der Waals surface area contributed by atoms with E-state index in [-0.39, 0.29) is 5.91 Å². The summed E-state index contributed by atoms with van der Waals surface area (Å²) in [6, 6.07) is 10.1. The standard InChI is InChI=1S/C24H29Cl2N3O2S/c1-31-23-20(25)14-17(15-21(23)26)27-10-12-29(13-11-27)24(30)19-16-18(32-2)6-7-22(19)28-8-4-3-5-9-28/h6-7,14-16H,3-5,8-13H2,1-2H3. The van der Waals surface area contributed by atoms with E-state index in [1.165, 1.54) is 19.3 Å². The number of hydrogen-bond donors (Lipinski definition) is 0. The van der Waals surface area contributed by atoms with E-state index >= 15 is 0 Å². The van der Waals surface area contributed by atoms with Crippen molar-refractivity contribution in [3.8, 4) is 5.75 Å². The van der Waals surface area contributed by atoms with Crippen molar-refractivity contribution < 1.29 is 9.53 Å². The fourth-order valence-corrected chi connectivity index (χ4v) is 5.56. The Hall–Kier alpha value is -1.76. The molecular formula is C24H29Cl2N3O2S. The molecule has 2 aromatic carbocycles. The first-order valence-corrected chi connectivity index (χ1v) is 13.0. The van der Waals surface area contributed by atoms with Gasteiger partial charge in [-0.1, -0.05) is 23.2 Å². The number of anilines is 2. The van der Waals surface area contributed by atoms with Crippen molar-refractivity contribution in [1.82, 2.24) is 4.90 Å². The Labute approximate surface area is 204 Å². The van der Waals surface area contributed by atoms with Crippen molar-refractivity contribution in [2.45, 2.75) is 24.2 Å². The normalized spacial score (nSPS) is 16.9. The molecule has 0 saturated carbocycles. The highest BCUT2D eigenvalue weighted by Gasteiger charge is 2.27. The maximum Gasteiger partial charge on any atom is 0.256 e. The predicted molar refractivity (Wildman–Crippen MR) is 135 cm³/mol. The lowest BCUT2D eigenvalue weighted by Crippen LogP contribution is -2.49. The molecular weight excluding hydrogens is 465 g/mol. The molecule has 0 spiro atoms. The lowest BCUT2D eigenvalue weighted by atomic mass is 10.1. The van der Waals surface area contributed by atoms with E-state index in [1.807, 2.05) is 23.3 Å². The first kappa shape index (κ1) is 23.4. The fourth-order valence-electron chi connectivity index (χ4n) is 4.49. The number of benzene rings is 2. The first-order chi connectivity index (χ1) is 15.5. The highest BCUT2D eigenvalue weighted by molar-refractivity contribution is 7.98. The third-order valence-electron chi connectivity index (χ3n) is 6.25. The van der Waals surface area contributed by atoms with Crippen LogP contribution in [0.1, 0.15) is 29.6 Å². The summed E-state index contributed by atoms with van der Waals surface area (Å²) >= 11 is 14.3. The van der Waals surface area contributed by atoms with Crippen molar-refractivity contribution in [2.75, 3.05) is 62.4 Å². The molecule has 0 bridgehead atoms. The Morgan fingerprint density at radius 2 is 1.56 bits per heavy atom. The summed E-state index contributed by atoms with van der Waals surface area (Å²) in [5, 5.41) is 0.988. The van der Waals surface area contributed by atoms with Gasteiger partial charge in [0.25, 0.3) is 5.91 Å². The molecule has 0 N–H and O–H groups in total. The molecule has 2 heterocycles. The minimum absolute atomic E-state index is 0.118. The summed E-state index contributed by atoms with van der Waals surface area (Å²) in [6.07, 6.45) is 5.69. The summed E-state index contributed by atoms with van der Waals surface area (Å²) in [6.45, 7) is 4.81. The lowest BCUT2D eigenvalue weighted by Gasteiger charge is -2.37. The minimum Gasteiger partial charge on any atom is -0.494 e. The predicted octanol–water partition coefficient (Wildman–Crippen LogP) is 5.68. The van der Waals surface area contributed by atoms with Crippen LogP contribution in [-0.4, -0.2) is 63.4 Å². The van der Waals surface area contributed by atoms with Crippen LogP contribution in [0.25, 0.3) is 0 Å². The molecule has 4 rings (SSSR count). The molecule has 0 unspecified atom stereocenters. The number of amides is 1. The molecule has 1 amide bonds. The van der Waals surface area contributed by atoms with Gasteiger partial charge in [0, 0.05) is 55.5 Å². The van der Waals surface area contributed by atoms with Crippen LogP contribution in [0.2, 0.25) is 10.0 Å². The Bertz CT molecular complexity index is 951. The number of nitrogens with zero attached hydrogens (tertiary/aromatic N) is 3. The number of piperazine rings is 1. The molecule has 2 aromatic rings. The molecule has 2 aliphatic rings. The third kappa shape index (κ3) is 4.92. The van der Waals surface area contributed by atoms with Gasteiger partial charge in [-0.05, 0) is 55.9 Å². The maximum absolute atomic E-state index is 13.6. The summed E-state index contributed by atoms with van der Waals surface area (Å²) in [5.41, 5.74) is 2.85. The van der Waals surface area contributed by atoms with Gasteiger partial charge in [-0.15, -0.1) is 11.8 Å². The van der Waals surface area contributed by atoms with E-state index in [0.29, 0.717) is 28.9 Å². The average molecular weight is 494 g/mol. The Morgan fingerprint density at radius 3 is 2.16 bits per heavy atom. The molecule has 0 atom stereocenters. The van der Waals surface area contributed by atoms with Gasteiger partial charge in [-0.3, -0.25) is 4.79 Å². The molecule has 172 valence electrons. The van der Waals surface area contributed by atoms with Gasteiger partial charge in [0.05, 0.1) is 22.7 Å². The van der Waals surface area contributed by atoms with Crippen LogP contribution in [0.3, 0.4) is 0 Å². The number of thioether (sulfide) groups is 1. The number of hydrogen-bond acceptors (Lipinski definition) is 5. The molecule has 5 nitrogen and oxygen atoms in total. The van der Waals surface area contributed by atoms with Crippen LogP contribution >= 0.6 is 35.0 Å². The van der Waals surface area contributed by atoms with Gasteiger partial charge in [0.1, 0.15) is 0 Å². The lowest BCUT2D eigenvalue weighted by molar-refractivity contribution is 0.0747. The average Bonchev–Trinajstić information content (AvgIpc) is 2.83. The van der Waals surface area contributed by atoms with Crippen molar-refractivity contribution in [3.63, 3.8) is 0 Å². The van der Waals surface area contributed by atoms with Gasteiger partial charge in [0.2, 0.25) is 0 Å². The van der Waals surface area contributed by atoms with E-state index in [1.54, 1.807) is 18.9 Å². The van der Waals surface area contributed by atoms with Gasteiger partial charge in [0.15, 0.2) is 5.75 Å². The summed E-state index contributed by atoms with van der Waals surface area (Å²) in [7, 11) is 1.56. The quantitative estimate of drug-likeness (QED) is 0.500. The summed E-state index contributed by atoms with van der Waals surface area (Å²) < 4.78 is 5.25. The number of methoxy groups -OCH3 is 1. The number of halogens is 2. The molecule has 32 heavy (non-hydrogen) atoms. The first-order valence-electron chi connectivity index (χ1n) is 11.0. The van der Waals surface area contributed by atoms with Gasteiger partial charge < -0.3 is 19.4 Å². The zero-order valence-electron chi connectivity index (χ0n) is 18.6. The Morgan fingerprint density at radius 1 is 0.906 bits per heavy atom. The highest BCUT2D eigenvalue weighted by atomic mass is 35.5. The van der Waals surface area contributed by atoms with Crippen LogP contribution in [0, 0.1) is 0 Å². The van der Waals surface area contributed by atoms with Crippen LogP contribution in [-0.2, 0) is 0 Å². The Kier molecular flexibility index (Phi) is 7.64. The third-order valence-corrected chi connectivity index (χ3v) is 7.54. The number of carbonyl (C=O) groups excluding carboxylic acids is 1. The molecule has 0 aromatic heterocycles. The van der Waals surface area contributed by atoms with Crippen molar-refractivity contribution in [2.24, 2.45) is 0 Å². The molecule has 2 saturated heterocycles. The fraction of sp³-hybridized carbons (Fsp3) is 0.458. The topological polar surface area (TPSA) is 36.0 Å². The largest absolute Gasteiger partial charge is 0.494 e. The summed E-state index contributed by atoms with van der Waals surface area (Å²) in [4.78, 5) is 21.3. The number of piperidine rings is 1. The number of ether oxygens (including phenoxy) is 1. The molecule has 8 heteroatoms. The number of rotatable bonds is 5. The van der Waals surface area contributed by atoms with E-state index in [9.17, 15) is 4.79 Å². The Balaban J connectivity index is 1.50.